The van der Waals surface area contributed by atoms with Crippen molar-refractivity contribution in [2.75, 3.05) is 47.6 Å². The highest BCUT2D eigenvalue weighted by atomic mass is 19.1. The lowest BCUT2D eigenvalue weighted by atomic mass is 9.85. The lowest BCUT2D eigenvalue weighted by Gasteiger charge is -2.42. The molecule has 0 radical (unpaired) electrons. The molecule has 4 rings (SSSR count). The Bertz CT molecular complexity index is 1070. The van der Waals surface area contributed by atoms with Crippen LogP contribution in [0.5, 0.6) is 11.5 Å². The number of amides is 3. The Morgan fingerprint density at radius 2 is 1.71 bits per heavy atom. The van der Waals surface area contributed by atoms with Crippen molar-refractivity contribution >= 4 is 11.9 Å². The Kier molecular flexibility index (Phi) is 7.57. The molecule has 2 saturated heterocycles. The average molecular weight is 486 g/mol. The number of rotatable bonds is 9. The maximum absolute atomic E-state index is 14.7. The third kappa shape index (κ3) is 4.83. The number of imide groups is 1. The number of piperidine rings is 1. The second-order valence-corrected chi connectivity index (χ2v) is 8.91. The van der Waals surface area contributed by atoms with E-state index >= 15 is 0 Å². The van der Waals surface area contributed by atoms with Crippen molar-refractivity contribution in [3.63, 3.8) is 0 Å². The average Bonchev–Trinajstić information content (AvgIpc) is 3.06. The number of benzene rings is 2. The normalized spacial score (nSPS) is 17.9. The van der Waals surface area contributed by atoms with Crippen molar-refractivity contribution in [1.82, 2.24) is 14.7 Å². The number of nitrogens with zero attached hydrogens (tertiary/aromatic N) is 3. The Morgan fingerprint density at radius 1 is 0.971 bits per heavy atom. The molecule has 2 aromatic rings. The first-order chi connectivity index (χ1) is 16.9. The van der Waals surface area contributed by atoms with Crippen LogP contribution in [0.4, 0.5) is 9.18 Å². The topological polar surface area (TPSA) is 71.6 Å². The van der Waals surface area contributed by atoms with E-state index in [4.69, 9.17) is 14.2 Å². The van der Waals surface area contributed by atoms with Crippen molar-refractivity contribution in [2.24, 2.45) is 0 Å². The molecule has 2 aliphatic rings. The molecule has 35 heavy (non-hydrogen) atoms. The molecular formula is C26H32FN3O5. The van der Waals surface area contributed by atoms with Crippen LogP contribution in [0.15, 0.2) is 42.5 Å². The molecule has 2 heterocycles. The molecule has 1 spiro atoms. The maximum atomic E-state index is 14.7. The standard InChI is InChI=1S/C26H32FN3O5/c1-33-15-14-30-25(32)29(17-19-6-4-8-21(16-19)34-2)24(31)26(30)10-12-28(13-11-26)18-20-7-5-9-22(35-3)23(20)27/h4-9,16H,10-15,17-18H2,1-3H3. The van der Waals surface area contributed by atoms with E-state index in [0.717, 1.165) is 5.56 Å². The zero-order valence-corrected chi connectivity index (χ0v) is 20.5. The van der Waals surface area contributed by atoms with Gasteiger partial charge in [-0.05, 0) is 36.6 Å². The molecule has 8 nitrogen and oxygen atoms in total. The van der Waals surface area contributed by atoms with Crippen LogP contribution in [-0.4, -0.2) is 79.7 Å². The quantitative estimate of drug-likeness (QED) is 0.508. The number of urea groups is 1. The highest BCUT2D eigenvalue weighted by Crippen LogP contribution is 2.38. The highest BCUT2D eigenvalue weighted by molar-refractivity contribution is 6.07. The summed E-state index contributed by atoms with van der Waals surface area (Å²) in [5, 5.41) is 0. The van der Waals surface area contributed by atoms with Gasteiger partial charge in [0.05, 0.1) is 27.4 Å². The molecule has 0 N–H and O–H groups in total. The van der Waals surface area contributed by atoms with Crippen molar-refractivity contribution in [3.05, 3.63) is 59.4 Å². The molecular weight excluding hydrogens is 453 g/mol. The van der Waals surface area contributed by atoms with Crippen molar-refractivity contribution in [2.45, 2.75) is 31.5 Å². The van der Waals surface area contributed by atoms with E-state index in [9.17, 15) is 14.0 Å². The van der Waals surface area contributed by atoms with Crippen LogP contribution in [0.2, 0.25) is 0 Å². The second kappa shape index (κ2) is 10.6. The van der Waals surface area contributed by atoms with Crippen molar-refractivity contribution in [1.29, 1.82) is 0 Å². The SMILES string of the molecule is COCCN1C(=O)N(Cc2cccc(OC)c2)C(=O)C12CCN(Cc1cccc(OC)c1F)CC2. The molecule has 0 aromatic heterocycles. The van der Waals surface area contributed by atoms with E-state index in [1.807, 2.05) is 24.3 Å². The molecule has 188 valence electrons. The van der Waals surface area contributed by atoms with E-state index < -0.39 is 5.54 Å². The summed E-state index contributed by atoms with van der Waals surface area (Å²) in [6.45, 7) is 2.39. The number of carbonyl (C=O) groups excluding carboxylic acids is 2. The van der Waals surface area contributed by atoms with Crippen LogP contribution in [0, 0.1) is 5.82 Å². The summed E-state index contributed by atoms with van der Waals surface area (Å²) >= 11 is 0. The molecule has 0 bridgehead atoms. The largest absolute Gasteiger partial charge is 0.497 e. The fourth-order valence-corrected chi connectivity index (χ4v) is 5.01. The molecule has 2 aromatic carbocycles. The molecule has 2 aliphatic heterocycles. The van der Waals surface area contributed by atoms with Crippen LogP contribution in [0.1, 0.15) is 24.0 Å². The summed E-state index contributed by atoms with van der Waals surface area (Å²) in [4.78, 5) is 32.2. The molecule has 0 unspecified atom stereocenters. The van der Waals surface area contributed by atoms with E-state index in [-0.39, 0.29) is 30.0 Å². The van der Waals surface area contributed by atoms with Gasteiger partial charge in [0.15, 0.2) is 11.6 Å². The minimum atomic E-state index is -0.919. The summed E-state index contributed by atoms with van der Waals surface area (Å²) in [6.07, 6.45) is 0.947. The Hall–Kier alpha value is -3.17. The maximum Gasteiger partial charge on any atom is 0.328 e. The Morgan fingerprint density at radius 3 is 2.40 bits per heavy atom. The molecule has 0 atom stereocenters. The third-order valence-electron chi connectivity index (χ3n) is 6.96. The number of likely N-dealkylation sites (tertiary alicyclic amines) is 1. The van der Waals surface area contributed by atoms with Crippen LogP contribution >= 0.6 is 0 Å². The predicted octanol–water partition coefficient (Wildman–Crippen LogP) is 3.29. The summed E-state index contributed by atoms with van der Waals surface area (Å²) in [7, 11) is 4.60. The van der Waals surface area contributed by atoms with Gasteiger partial charge in [-0.15, -0.1) is 0 Å². The summed E-state index contributed by atoms with van der Waals surface area (Å²) in [5.41, 5.74) is 0.448. The van der Waals surface area contributed by atoms with Gasteiger partial charge in [0.25, 0.3) is 5.91 Å². The molecule has 3 amide bonds. The number of hydrogen-bond acceptors (Lipinski definition) is 6. The minimum Gasteiger partial charge on any atom is -0.497 e. The number of ether oxygens (including phenoxy) is 3. The summed E-state index contributed by atoms with van der Waals surface area (Å²) in [5.74, 6) is 0.333. The van der Waals surface area contributed by atoms with Crippen LogP contribution in [-0.2, 0) is 22.6 Å². The Labute approximate surface area is 205 Å². The van der Waals surface area contributed by atoms with Gasteiger partial charge in [-0.1, -0.05) is 24.3 Å². The zero-order chi connectivity index (χ0) is 25.0. The monoisotopic (exact) mass is 485 g/mol. The fourth-order valence-electron chi connectivity index (χ4n) is 5.01. The minimum absolute atomic E-state index is 0.179. The first-order valence-electron chi connectivity index (χ1n) is 11.7. The van der Waals surface area contributed by atoms with E-state index in [1.165, 1.54) is 12.0 Å². The van der Waals surface area contributed by atoms with Crippen LogP contribution in [0.3, 0.4) is 0 Å². The lowest BCUT2D eigenvalue weighted by molar-refractivity contribution is -0.136. The smallest absolute Gasteiger partial charge is 0.328 e. The van der Waals surface area contributed by atoms with Gasteiger partial charge in [0, 0.05) is 38.9 Å². The Balaban J connectivity index is 1.51. The number of hydrogen-bond donors (Lipinski definition) is 0. The first kappa shape index (κ1) is 24.9. The molecule has 9 heteroatoms. The van der Waals surface area contributed by atoms with Gasteiger partial charge in [-0.3, -0.25) is 14.6 Å². The lowest BCUT2D eigenvalue weighted by Crippen LogP contribution is -2.57. The fraction of sp³-hybridized carbons (Fsp3) is 0.462. The van der Waals surface area contributed by atoms with Gasteiger partial charge in [-0.25, -0.2) is 9.18 Å². The first-order valence-corrected chi connectivity index (χ1v) is 11.7. The van der Waals surface area contributed by atoms with Gasteiger partial charge in [0.1, 0.15) is 11.3 Å². The number of halogens is 1. The second-order valence-electron chi connectivity index (χ2n) is 8.91. The summed E-state index contributed by atoms with van der Waals surface area (Å²) in [6, 6.07) is 12.2. The van der Waals surface area contributed by atoms with Gasteiger partial charge < -0.3 is 19.1 Å². The zero-order valence-electron chi connectivity index (χ0n) is 20.5. The summed E-state index contributed by atoms with van der Waals surface area (Å²) < 4.78 is 30.3. The van der Waals surface area contributed by atoms with Gasteiger partial charge in [-0.2, -0.15) is 0 Å². The van der Waals surface area contributed by atoms with E-state index in [1.54, 1.807) is 37.3 Å². The van der Waals surface area contributed by atoms with E-state index in [0.29, 0.717) is 56.9 Å². The molecule has 2 fully saturated rings. The van der Waals surface area contributed by atoms with E-state index in [2.05, 4.69) is 4.90 Å². The van der Waals surface area contributed by atoms with Crippen molar-refractivity contribution in [3.8, 4) is 11.5 Å². The number of carbonyl (C=O) groups is 2. The predicted molar refractivity (Wildman–Crippen MR) is 128 cm³/mol. The third-order valence-corrected chi connectivity index (χ3v) is 6.96. The molecule has 0 aliphatic carbocycles. The molecule has 0 saturated carbocycles. The van der Waals surface area contributed by atoms with Crippen molar-refractivity contribution < 1.29 is 28.2 Å². The van der Waals surface area contributed by atoms with Gasteiger partial charge in [0.2, 0.25) is 0 Å². The van der Waals surface area contributed by atoms with Crippen LogP contribution < -0.4 is 9.47 Å². The number of methoxy groups -OCH3 is 3. The van der Waals surface area contributed by atoms with Gasteiger partial charge >= 0.3 is 6.03 Å². The van der Waals surface area contributed by atoms with Crippen LogP contribution in [0.25, 0.3) is 0 Å². The highest BCUT2D eigenvalue weighted by Gasteiger charge is 2.57.